The van der Waals surface area contributed by atoms with Crippen molar-refractivity contribution in [1.29, 1.82) is 10.8 Å². The lowest BCUT2D eigenvalue weighted by Gasteiger charge is -2.25. The molecule has 3 aromatic carbocycles. The molecule has 5 rings (SSSR count). The Morgan fingerprint density at radius 1 is 0.944 bits per heavy atom. The van der Waals surface area contributed by atoms with Crippen LogP contribution in [0.2, 0.25) is 0 Å². The quantitative estimate of drug-likeness (QED) is 0.175. The highest BCUT2D eigenvalue weighted by Gasteiger charge is 2.28. The molecule has 0 aliphatic carbocycles. The van der Waals surface area contributed by atoms with E-state index < -0.39 is 0 Å². The summed E-state index contributed by atoms with van der Waals surface area (Å²) >= 11 is 0. The van der Waals surface area contributed by atoms with E-state index in [9.17, 15) is 4.79 Å². The fourth-order valence-corrected chi connectivity index (χ4v) is 4.05. The minimum atomic E-state index is -0.250. The molecule has 0 bridgehead atoms. The number of hydrogen-bond acceptors (Lipinski definition) is 5. The molecular weight excluding hydrogens is 450 g/mol. The van der Waals surface area contributed by atoms with Crippen LogP contribution in [0, 0.1) is 10.8 Å². The van der Waals surface area contributed by atoms with Gasteiger partial charge >= 0.3 is 6.03 Å². The first kappa shape index (κ1) is 22.8. The van der Waals surface area contributed by atoms with Crippen molar-refractivity contribution in [2.75, 3.05) is 22.1 Å². The number of anilines is 4. The number of aromatic nitrogens is 1. The maximum absolute atomic E-state index is 12.1. The first-order chi connectivity index (χ1) is 17.6. The summed E-state index contributed by atoms with van der Waals surface area (Å²) in [5, 5.41) is 26.8. The van der Waals surface area contributed by atoms with Gasteiger partial charge in [0.15, 0.2) is 5.82 Å². The molecule has 36 heavy (non-hydrogen) atoms. The number of fused-ring (bicyclic) bond motifs is 2. The van der Waals surface area contributed by atoms with Gasteiger partial charge in [0.1, 0.15) is 11.7 Å². The van der Waals surface area contributed by atoms with E-state index in [0.717, 1.165) is 16.9 Å². The number of para-hydroxylation sites is 2. The number of urea groups is 1. The maximum atomic E-state index is 12.1. The fraction of sp³-hybridized carbons (Fsp3) is 0.0714. The SMILES string of the molecule is N=C(c1ccc(CCNC(=O)Nc2ccccc2)cc1)N1C(=N)c2ccccc2Nc2ncccc21.[HH].[HH].[HH]. The van der Waals surface area contributed by atoms with Gasteiger partial charge in [0, 0.05) is 33.8 Å². The zero-order valence-corrected chi connectivity index (χ0v) is 19.5. The van der Waals surface area contributed by atoms with E-state index in [1.165, 1.54) is 0 Å². The number of pyridine rings is 1. The largest absolute Gasteiger partial charge is 0.338 e. The molecule has 0 atom stereocenters. The highest BCUT2D eigenvalue weighted by molar-refractivity contribution is 6.30. The van der Waals surface area contributed by atoms with Crippen LogP contribution in [0.5, 0.6) is 0 Å². The Morgan fingerprint density at radius 2 is 1.69 bits per heavy atom. The summed E-state index contributed by atoms with van der Waals surface area (Å²) in [6.07, 6.45) is 2.34. The molecule has 2 heterocycles. The number of rotatable bonds is 5. The van der Waals surface area contributed by atoms with Crippen molar-refractivity contribution < 1.29 is 9.07 Å². The van der Waals surface area contributed by atoms with E-state index >= 15 is 0 Å². The molecule has 2 amide bonds. The number of amidine groups is 2. The minimum Gasteiger partial charge on any atom is -0.338 e. The van der Waals surface area contributed by atoms with Gasteiger partial charge in [-0.15, -0.1) is 0 Å². The normalized spacial score (nSPS) is 12.0. The van der Waals surface area contributed by atoms with Crippen molar-refractivity contribution in [1.82, 2.24) is 10.3 Å². The lowest BCUT2D eigenvalue weighted by molar-refractivity contribution is 0.252. The molecule has 1 aromatic heterocycles. The van der Waals surface area contributed by atoms with Crippen molar-refractivity contribution in [3.8, 4) is 0 Å². The lowest BCUT2D eigenvalue weighted by atomic mass is 10.1. The van der Waals surface area contributed by atoms with Crippen LogP contribution in [-0.2, 0) is 6.42 Å². The second-order valence-electron chi connectivity index (χ2n) is 8.27. The number of amides is 2. The van der Waals surface area contributed by atoms with Gasteiger partial charge in [0.2, 0.25) is 0 Å². The van der Waals surface area contributed by atoms with Crippen LogP contribution in [0.25, 0.3) is 0 Å². The Labute approximate surface area is 213 Å². The molecule has 184 valence electrons. The Balaban J connectivity index is 0.00000178. The lowest BCUT2D eigenvalue weighted by Crippen LogP contribution is -2.36. The summed E-state index contributed by atoms with van der Waals surface area (Å²) in [5.41, 5.74) is 4.56. The Morgan fingerprint density at radius 3 is 2.50 bits per heavy atom. The number of benzene rings is 3. The predicted molar refractivity (Wildman–Crippen MR) is 150 cm³/mol. The molecule has 1 aliphatic rings. The smallest absolute Gasteiger partial charge is 0.319 e. The number of nitrogens with one attached hydrogen (secondary N) is 5. The zero-order valence-electron chi connectivity index (χ0n) is 19.5. The Kier molecular flexibility index (Phi) is 6.40. The van der Waals surface area contributed by atoms with Crippen molar-refractivity contribution in [2.45, 2.75) is 6.42 Å². The standard InChI is InChI=1S/C28H25N7O.3H2/c29-25(35-24-11-6-17-31-27(24)34-23-10-5-4-9-22(23)26(35)30)20-14-12-19(13-15-20)16-18-32-28(36)33-21-7-2-1-3-8-21;;;/h1-15,17,29-30H,16,18H2,(H,31,34)(H2,32,33,36);3*1H. The van der Waals surface area contributed by atoms with Gasteiger partial charge in [0.25, 0.3) is 0 Å². The van der Waals surface area contributed by atoms with Crippen LogP contribution in [0.4, 0.5) is 27.7 Å². The monoisotopic (exact) mass is 481 g/mol. The molecule has 0 unspecified atom stereocenters. The van der Waals surface area contributed by atoms with E-state index in [-0.39, 0.29) is 22.0 Å². The van der Waals surface area contributed by atoms with Crippen molar-refractivity contribution in [3.05, 3.63) is 114 Å². The van der Waals surface area contributed by atoms with Crippen molar-refractivity contribution in [2.24, 2.45) is 0 Å². The minimum absolute atomic E-state index is 0. The van der Waals surface area contributed by atoms with E-state index in [0.29, 0.717) is 35.6 Å². The van der Waals surface area contributed by atoms with E-state index in [1.54, 1.807) is 17.2 Å². The third-order valence-corrected chi connectivity index (χ3v) is 5.87. The van der Waals surface area contributed by atoms with Gasteiger partial charge < -0.3 is 16.0 Å². The van der Waals surface area contributed by atoms with Gasteiger partial charge in [-0.3, -0.25) is 15.7 Å². The molecule has 8 heteroatoms. The average molecular weight is 482 g/mol. The van der Waals surface area contributed by atoms with Crippen LogP contribution >= 0.6 is 0 Å². The van der Waals surface area contributed by atoms with Gasteiger partial charge in [-0.2, -0.15) is 0 Å². The molecule has 0 radical (unpaired) electrons. The molecule has 4 aromatic rings. The van der Waals surface area contributed by atoms with Crippen LogP contribution in [0.1, 0.15) is 21.0 Å². The molecular formula is C28H31N7O. The van der Waals surface area contributed by atoms with E-state index in [2.05, 4.69) is 20.9 Å². The summed E-state index contributed by atoms with van der Waals surface area (Å²) in [5.74, 6) is 0.973. The average Bonchev–Trinajstić information content (AvgIpc) is 3.03. The van der Waals surface area contributed by atoms with E-state index in [4.69, 9.17) is 10.8 Å². The predicted octanol–water partition coefficient (Wildman–Crippen LogP) is 6.10. The van der Waals surface area contributed by atoms with Gasteiger partial charge in [-0.1, -0.05) is 54.6 Å². The molecule has 0 fully saturated rings. The Hall–Kier alpha value is -4.98. The molecule has 0 saturated heterocycles. The molecule has 1 aliphatic heterocycles. The van der Waals surface area contributed by atoms with Gasteiger partial charge in [-0.25, -0.2) is 9.78 Å². The highest BCUT2D eigenvalue weighted by Crippen LogP contribution is 2.34. The highest BCUT2D eigenvalue weighted by atomic mass is 16.2. The van der Waals surface area contributed by atoms with Gasteiger partial charge in [-0.05, 0) is 48.4 Å². The second-order valence-corrected chi connectivity index (χ2v) is 8.27. The zero-order chi connectivity index (χ0) is 24.9. The van der Waals surface area contributed by atoms with Crippen LogP contribution in [0.15, 0.2) is 97.2 Å². The van der Waals surface area contributed by atoms with E-state index in [1.807, 2.05) is 84.9 Å². The fourth-order valence-electron chi connectivity index (χ4n) is 4.05. The Bertz CT molecular complexity index is 1430. The summed E-state index contributed by atoms with van der Waals surface area (Å²) < 4.78 is 0. The summed E-state index contributed by atoms with van der Waals surface area (Å²) in [7, 11) is 0. The summed E-state index contributed by atoms with van der Waals surface area (Å²) in [6.45, 7) is 0.480. The van der Waals surface area contributed by atoms with Crippen molar-refractivity contribution >= 4 is 40.6 Å². The summed E-state index contributed by atoms with van der Waals surface area (Å²) in [4.78, 5) is 18.1. The van der Waals surface area contributed by atoms with Crippen LogP contribution < -0.4 is 20.9 Å². The third kappa shape index (κ3) is 4.78. The maximum Gasteiger partial charge on any atom is 0.319 e. The van der Waals surface area contributed by atoms with Gasteiger partial charge in [0.05, 0.1) is 11.4 Å². The number of carbonyl (C=O) groups excluding carboxylic acids is 1. The first-order valence-corrected chi connectivity index (χ1v) is 11.6. The number of hydrogen-bond donors (Lipinski definition) is 5. The van der Waals surface area contributed by atoms with Crippen LogP contribution in [-0.4, -0.2) is 29.2 Å². The van der Waals surface area contributed by atoms with Crippen molar-refractivity contribution in [3.63, 3.8) is 0 Å². The third-order valence-electron chi connectivity index (χ3n) is 5.87. The number of nitrogens with zero attached hydrogens (tertiary/aromatic N) is 2. The topological polar surface area (TPSA) is 117 Å². The molecule has 0 spiro atoms. The molecule has 8 nitrogen and oxygen atoms in total. The first-order valence-electron chi connectivity index (χ1n) is 11.6. The molecule has 5 N–H and O–H groups in total. The van der Waals surface area contributed by atoms with Crippen LogP contribution in [0.3, 0.4) is 0 Å². The summed E-state index contributed by atoms with van der Waals surface area (Å²) in [6, 6.07) is 27.9. The second kappa shape index (κ2) is 10.1. The number of carbonyl (C=O) groups is 1. The molecule has 0 saturated carbocycles.